The maximum absolute atomic E-state index is 9.52. The van der Waals surface area contributed by atoms with Crippen LogP contribution in [0.4, 0.5) is 5.69 Å². The van der Waals surface area contributed by atoms with Gasteiger partial charge in [0.25, 0.3) is 0 Å². The molecule has 0 aliphatic carbocycles. The molecule has 0 spiro atoms. The zero-order chi connectivity index (χ0) is 16.2. The third-order valence-electron chi connectivity index (χ3n) is 4.58. The summed E-state index contributed by atoms with van der Waals surface area (Å²) in [5.41, 5.74) is 4.16. The molecule has 0 aromatic heterocycles. The first-order valence-electron chi connectivity index (χ1n) is 7.86. The lowest BCUT2D eigenvalue weighted by molar-refractivity contribution is 0.279. The van der Waals surface area contributed by atoms with E-state index in [1.54, 1.807) is 0 Å². The molecule has 0 unspecified atom stereocenters. The molecule has 2 aromatic carbocycles. The molecule has 0 saturated carbocycles. The number of benzene rings is 2. The van der Waals surface area contributed by atoms with E-state index in [-0.39, 0.29) is 6.61 Å². The fourth-order valence-electron chi connectivity index (χ4n) is 3.34. The highest BCUT2D eigenvalue weighted by Crippen LogP contribution is 2.35. The number of anilines is 1. The summed E-state index contributed by atoms with van der Waals surface area (Å²) in [6.45, 7) is 2.07. The molecule has 4 heteroatoms. The van der Waals surface area contributed by atoms with Gasteiger partial charge in [0.15, 0.2) is 0 Å². The third-order valence-corrected chi connectivity index (χ3v) is 5.21. The molecule has 2 aromatic rings. The molecule has 0 atom stereocenters. The zero-order valence-corrected chi connectivity index (χ0v) is 14.5. The molecule has 1 aliphatic rings. The summed E-state index contributed by atoms with van der Waals surface area (Å²) in [6, 6.07) is 16.1. The van der Waals surface area contributed by atoms with Gasteiger partial charge in [0.05, 0.1) is 23.9 Å². The lowest BCUT2D eigenvalue weighted by Gasteiger charge is -2.35. The number of nitrogens with zero attached hydrogens (tertiary/aromatic N) is 2. The topological polar surface area (TPSA) is 47.3 Å². The highest BCUT2D eigenvalue weighted by atomic mass is 79.9. The second-order valence-electron chi connectivity index (χ2n) is 5.90. The normalized spacial score (nSPS) is 15.4. The van der Waals surface area contributed by atoms with E-state index < -0.39 is 0 Å². The Labute approximate surface area is 145 Å². The predicted octanol–water partition coefficient (Wildman–Crippen LogP) is 4.20. The molecule has 0 radical (unpaired) electrons. The van der Waals surface area contributed by atoms with Crippen LogP contribution in [0.2, 0.25) is 0 Å². The zero-order valence-electron chi connectivity index (χ0n) is 12.9. The van der Waals surface area contributed by atoms with Gasteiger partial charge in [0.2, 0.25) is 0 Å². The number of rotatable bonds is 3. The molecule has 1 heterocycles. The largest absolute Gasteiger partial charge is 0.392 e. The van der Waals surface area contributed by atoms with E-state index >= 15 is 0 Å². The van der Waals surface area contributed by atoms with Crippen molar-refractivity contribution in [3.8, 4) is 6.07 Å². The molecule has 0 amide bonds. The number of piperidine rings is 1. The van der Waals surface area contributed by atoms with E-state index in [0.717, 1.165) is 41.7 Å². The standard InChI is InChI=1S/C19H19BrN2O/c20-18-11-14(12-21)5-6-19(18)22-9-7-15(8-10-22)17-4-2-1-3-16(17)13-23/h1-6,11,15,23H,7-10,13H2. The van der Waals surface area contributed by atoms with Crippen LogP contribution >= 0.6 is 15.9 Å². The quantitative estimate of drug-likeness (QED) is 0.880. The van der Waals surface area contributed by atoms with Crippen LogP contribution in [0.15, 0.2) is 46.9 Å². The van der Waals surface area contributed by atoms with Crippen LogP contribution < -0.4 is 4.90 Å². The van der Waals surface area contributed by atoms with Crippen LogP contribution in [0, 0.1) is 11.3 Å². The Bertz CT molecular complexity index is 730. The Balaban J connectivity index is 1.73. The second kappa shape index (κ2) is 7.16. The maximum atomic E-state index is 9.52. The first-order valence-corrected chi connectivity index (χ1v) is 8.65. The van der Waals surface area contributed by atoms with Crippen molar-refractivity contribution < 1.29 is 5.11 Å². The first kappa shape index (κ1) is 16.0. The van der Waals surface area contributed by atoms with Crippen LogP contribution in [0.5, 0.6) is 0 Å². The Morgan fingerprint density at radius 1 is 1.17 bits per heavy atom. The molecule has 3 rings (SSSR count). The van der Waals surface area contributed by atoms with Crippen molar-refractivity contribution in [2.24, 2.45) is 0 Å². The molecule has 3 nitrogen and oxygen atoms in total. The van der Waals surface area contributed by atoms with Crippen LogP contribution in [-0.4, -0.2) is 18.2 Å². The smallest absolute Gasteiger partial charge is 0.0992 e. The Hall–Kier alpha value is -1.83. The fraction of sp³-hybridized carbons (Fsp3) is 0.316. The van der Waals surface area contributed by atoms with Gasteiger partial charge in [-0.05, 0) is 64.0 Å². The van der Waals surface area contributed by atoms with Gasteiger partial charge in [-0.2, -0.15) is 5.26 Å². The van der Waals surface area contributed by atoms with Crippen molar-refractivity contribution in [3.05, 3.63) is 63.6 Å². The lowest BCUT2D eigenvalue weighted by atomic mass is 9.86. The Kier molecular flexibility index (Phi) is 5.00. The second-order valence-corrected chi connectivity index (χ2v) is 6.75. The third kappa shape index (κ3) is 3.41. The summed E-state index contributed by atoms with van der Waals surface area (Å²) in [4.78, 5) is 2.36. The molecule has 118 valence electrons. The van der Waals surface area contributed by atoms with Crippen LogP contribution in [0.25, 0.3) is 0 Å². The van der Waals surface area contributed by atoms with Gasteiger partial charge >= 0.3 is 0 Å². The van der Waals surface area contributed by atoms with Crippen LogP contribution in [-0.2, 0) is 6.61 Å². The van der Waals surface area contributed by atoms with Crippen molar-refractivity contribution in [1.82, 2.24) is 0 Å². The molecule has 1 fully saturated rings. The summed E-state index contributed by atoms with van der Waals surface area (Å²) < 4.78 is 0.978. The minimum absolute atomic E-state index is 0.109. The van der Waals surface area contributed by atoms with Crippen molar-refractivity contribution in [3.63, 3.8) is 0 Å². The van der Waals surface area contributed by atoms with Gasteiger partial charge in [0.1, 0.15) is 0 Å². The van der Waals surface area contributed by atoms with E-state index in [2.05, 4.69) is 39.0 Å². The summed E-state index contributed by atoms with van der Waals surface area (Å²) in [5.74, 6) is 0.506. The molecular formula is C19H19BrN2O. The molecule has 23 heavy (non-hydrogen) atoms. The van der Waals surface area contributed by atoms with Gasteiger partial charge in [-0.3, -0.25) is 0 Å². The lowest BCUT2D eigenvalue weighted by Crippen LogP contribution is -2.33. The average molecular weight is 371 g/mol. The van der Waals surface area contributed by atoms with Crippen molar-refractivity contribution >= 4 is 21.6 Å². The van der Waals surface area contributed by atoms with Gasteiger partial charge in [0, 0.05) is 17.6 Å². The maximum Gasteiger partial charge on any atom is 0.0992 e. The fourth-order valence-corrected chi connectivity index (χ4v) is 3.97. The Morgan fingerprint density at radius 3 is 2.57 bits per heavy atom. The summed E-state index contributed by atoms with van der Waals surface area (Å²) in [5, 5.41) is 18.5. The van der Waals surface area contributed by atoms with E-state index in [1.807, 2.05) is 30.3 Å². The van der Waals surface area contributed by atoms with Crippen molar-refractivity contribution in [2.75, 3.05) is 18.0 Å². The van der Waals surface area contributed by atoms with Crippen molar-refractivity contribution in [2.45, 2.75) is 25.4 Å². The molecule has 0 bridgehead atoms. The van der Waals surface area contributed by atoms with E-state index in [4.69, 9.17) is 5.26 Å². The minimum atomic E-state index is 0.109. The highest BCUT2D eigenvalue weighted by molar-refractivity contribution is 9.10. The molecule has 1 aliphatic heterocycles. The monoisotopic (exact) mass is 370 g/mol. The van der Waals surface area contributed by atoms with Crippen molar-refractivity contribution in [1.29, 1.82) is 5.26 Å². The molecule has 1 saturated heterocycles. The summed E-state index contributed by atoms with van der Waals surface area (Å²) in [6.07, 6.45) is 2.15. The first-order chi connectivity index (χ1) is 11.2. The minimum Gasteiger partial charge on any atom is -0.392 e. The summed E-state index contributed by atoms with van der Waals surface area (Å²) in [7, 11) is 0. The SMILES string of the molecule is N#Cc1ccc(N2CCC(c3ccccc3CO)CC2)c(Br)c1. The van der Waals surface area contributed by atoms with Gasteiger partial charge in [-0.15, -0.1) is 0 Å². The summed E-state index contributed by atoms with van der Waals surface area (Å²) >= 11 is 3.58. The number of nitriles is 1. The Morgan fingerprint density at radius 2 is 1.91 bits per heavy atom. The highest BCUT2D eigenvalue weighted by Gasteiger charge is 2.23. The number of hydrogen-bond acceptors (Lipinski definition) is 3. The average Bonchev–Trinajstić information content (AvgIpc) is 2.61. The molecule has 1 N–H and O–H groups in total. The van der Waals surface area contributed by atoms with E-state index in [9.17, 15) is 5.11 Å². The number of halogens is 1. The van der Waals surface area contributed by atoms with Crippen LogP contribution in [0.3, 0.4) is 0 Å². The predicted molar refractivity (Wildman–Crippen MR) is 95.4 cm³/mol. The van der Waals surface area contributed by atoms with Gasteiger partial charge < -0.3 is 10.0 Å². The number of hydrogen-bond donors (Lipinski definition) is 1. The van der Waals surface area contributed by atoms with Gasteiger partial charge in [-0.25, -0.2) is 0 Å². The number of aliphatic hydroxyl groups is 1. The van der Waals surface area contributed by atoms with Crippen LogP contribution in [0.1, 0.15) is 35.4 Å². The van der Waals surface area contributed by atoms with Gasteiger partial charge in [-0.1, -0.05) is 24.3 Å². The number of aliphatic hydroxyl groups excluding tert-OH is 1. The van der Waals surface area contributed by atoms with E-state index in [0.29, 0.717) is 11.5 Å². The molecular weight excluding hydrogens is 352 g/mol. The van der Waals surface area contributed by atoms with E-state index in [1.165, 1.54) is 5.56 Å².